The molecule has 1 aliphatic heterocycles. The number of aryl methyl sites for hydroxylation is 2. The van der Waals surface area contributed by atoms with Crippen LogP contribution in [0.25, 0.3) is 0 Å². The number of fused-ring (bicyclic) bond motifs is 2. The lowest BCUT2D eigenvalue weighted by atomic mass is 9.75. The summed E-state index contributed by atoms with van der Waals surface area (Å²) in [5, 5.41) is 5.08. The van der Waals surface area contributed by atoms with E-state index in [9.17, 15) is 0 Å². The maximum absolute atomic E-state index is 6.70. The molecule has 1 N–H and O–H groups in total. The third-order valence-electron chi connectivity index (χ3n) is 5.40. The first-order valence-electron chi connectivity index (χ1n) is 8.50. The SMILES string of the molecule is Clc1cc(Cl)c2c(c1)CCc1ccccc1C2C1CCNCC1. The number of rotatable bonds is 1. The van der Waals surface area contributed by atoms with E-state index in [2.05, 4.69) is 35.6 Å². The maximum atomic E-state index is 6.70. The van der Waals surface area contributed by atoms with Gasteiger partial charge in [0.1, 0.15) is 0 Å². The summed E-state index contributed by atoms with van der Waals surface area (Å²) < 4.78 is 0. The molecular weight excluding hydrogens is 325 g/mol. The Hall–Kier alpha value is -1.02. The van der Waals surface area contributed by atoms with E-state index in [4.69, 9.17) is 23.2 Å². The van der Waals surface area contributed by atoms with Gasteiger partial charge in [0.15, 0.2) is 0 Å². The highest BCUT2D eigenvalue weighted by Gasteiger charge is 2.32. The van der Waals surface area contributed by atoms with Crippen LogP contribution in [0.5, 0.6) is 0 Å². The van der Waals surface area contributed by atoms with Crippen LogP contribution in [0.1, 0.15) is 41.0 Å². The maximum Gasteiger partial charge on any atom is 0.0461 e. The van der Waals surface area contributed by atoms with Gasteiger partial charge in [-0.3, -0.25) is 0 Å². The molecule has 1 fully saturated rings. The lowest BCUT2D eigenvalue weighted by molar-refractivity contribution is 0.342. The quantitative estimate of drug-likeness (QED) is 0.746. The zero-order valence-corrected chi connectivity index (χ0v) is 14.6. The predicted octanol–water partition coefficient (Wildman–Crippen LogP) is 5.22. The first-order chi connectivity index (χ1) is 11.2. The van der Waals surface area contributed by atoms with Gasteiger partial charge in [-0.15, -0.1) is 0 Å². The molecule has 0 saturated carbocycles. The van der Waals surface area contributed by atoms with Gasteiger partial charge in [0.25, 0.3) is 0 Å². The van der Waals surface area contributed by atoms with Crippen LogP contribution in [0.4, 0.5) is 0 Å². The Bertz CT molecular complexity index is 720. The Kier molecular flexibility index (Phi) is 4.36. The van der Waals surface area contributed by atoms with Crippen molar-refractivity contribution in [2.75, 3.05) is 13.1 Å². The van der Waals surface area contributed by atoms with Crippen molar-refractivity contribution in [3.8, 4) is 0 Å². The Labute approximate surface area is 148 Å². The number of halogens is 2. The smallest absolute Gasteiger partial charge is 0.0461 e. The van der Waals surface area contributed by atoms with E-state index in [-0.39, 0.29) is 0 Å². The van der Waals surface area contributed by atoms with E-state index in [1.54, 1.807) is 0 Å². The minimum absolute atomic E-state index is 0.399. The van der Waals surface area contributed by atoms with Crippen molar-refractivity contribution in [1.82, 2.24) is 5.32 Å². The van der Waals surface area contributed by atoms with E-state index in [1.165, 1.54) is 35.1 Å². The summed E-state index contributed by atoms with van der Waals surface area (Å²) in [5.41, 5.74) is 5.61. The molecule has 1 unspecified atom stereocenters. The van der Waals surface area contributed by atoms with Gasteiger partial charge < -0.3 is 5.32 Å². The van der Waals surface area contributed by atoms with Crippen LogP contribution in [0.3, 0.4) is 0 Å². The summed E-state index contributed by atoms with van der Waals surface area (Å²) in [6.07, 6.45) is 4.50. The fourth-order valence-corrected chi connectivity index (χ4v) is 5.00. The molecule has 2 aromatic carbocycles. The molecule has 3 heteroatoms. The van der Waals surface area contributed by atoms with Crippen molar-refractivity contribution in [2.24, 2.45) is 5.92 Å². The highest BCUT2D eigenvalue weighted by atomic mass is 35.5. The highest BCUT2D eigenvalue weighted by Crippen LogP contribution is 2.45. The lowest BCUT2D eigenvalue weighted by Gasteiger charge is -2.33. The monoisotopic (exact) mass is 345 g/mol. The number of benzene rings is 2. The number of nitrogens with one attached hydrogen (secondary N) is 1. The van der Waals surface area contributed by atoms with Crippen LogP contribution >= 0.6 is 23.2 Å². The molecule has 4 rings (SSSR count). The van der Waals surface area contributed by atoms with Crippen molar-refractivity contribution in [1.29, 1.82) is 0 Å². The number of piperidine rings is 1. The van der Waals surface area contributed by atoms with Gasteiger partial charge in [-0.2, -0.15) is 0 Å². The fourth-order valence-electron chi connectivity index (χ4n) is 4.35. The van der Waals surface area contributed by atoms with E-state index in [1.807, 2.05) is 6.07 Å². The van der Waals surface area contributed by atoms with Crippen molar-refractivity contribution >= 4 is 23.2 Å². The molecule has 0 aromatic heterocycles. The number of hydrogen-bond acceptors (Lipinski definition) is 1. The predicted molar refractivity (Wildman–Crippen MR) is 97.7 cm³/mol. The van der Waals surface area contributed by atoms with Crippen molar-refractivity contribution < 1.29 is 0 Å². The summed E-state index contributed by atoms with van der Waals surface area (Å²) in [6, 6.07) is 13.0. The molecule has 0 amide bonds. The van der Waals surface area contributed by atoms with Crippen LogP contribution in [0, 0.1) is 5.92 Å². The van der Waals surface area contributed by atoms with E-state index < -0.39 is 0 Å². The largest absolute Gasteiger partial charge is 0.317 e. The highest BCUT2D eigenvalue weighted by molar-refractivity contribution is 6.35. The molecule has 120 valence electrons. The topological polar surface area (TPSA) is 12.0 Å². The Morgan fingerprint density at radius 1 is 0.913 bits per heavy atom. The molecular formula is C20H21Cl2N. The summed E-state index contributed by atoms with van der Waals surface area (Å²) in [7, 11) is 0. The van der Waals surface area contributed by atoms with Gasteiger partial charge >= 0.3 is 0 Å². The van der Waals surface area contributed by atoms with Crippen LogP contribution in [0.2, 0.25) is 10.0 Å². The van der Waals surface area contributed by atoms with Crippen LogP contribution in [-0.4, -0.2) is 13.1 Å². The van der Waals surface area contributed by atoms with Crippen molar-refractivity contribution in [2.45, 2.75) is 31.6 Å². The Balaban J connectivity index is 1.90. The molecule has 1 aliphatic carbocycles. The molecule has 1 nitrogen and oxygen atoms in total. The second-order valence-electron chi connectivity index (χ2n) is 6.72. The minimum Gasteiger partial charge on any atom is -0.317 e. The molecule has 1 saturated heterocycles. The molecule has 2 aliphatic rings. The van der Waals surface area contributed by atoms with Gasteiger partial charge in [0, 0.05) is 16.0 Å². The zero-order valence-electron chi connectivity index (χ0n) is 13.1. The van der Waals surface area contributed by atoms with Gasteiger partial charge in [-0.05, 0) is 79.1 Å². The molecule has 0 radical (unpaired) electrons. The van der Waals surface area contributed by atoms with Gasteiger partial charge in [-0.25, -0.2) is 0 Å². The zero-order chi connectivity index (χ0) is 15.8. The van der Waals surface area contributed by atoms with Crippen LogP contribution in [-0.2, 0) is 12.8 Å². The van der Waals surface area contributed by atoms with Crippen LogP contribution < -0.4 is 5.32 Å². The third kappa shape index (κ3) is 2.91. The van der Waals surface area contributed by atoms with Crippen LogP contribution in [0.15, 0.2) is 36.4 Å². The first-order valence-corrected chi connectivity index (χ1v) is 9.26. The molecule has 1 heterocycles. The fraction of sp³-hybridized carbons (Fsp3) is 0.400. The Morgan fingerprint density at radius 2 is 1.65 bits per heavy atom. The summed E-state index contributed by atoms with van der Waals surface area (Å²) in [6.45, 7) is 2.20. The molecule has 23 heavy (non-hydrogen) atoms. The summed E-state index contributed by atoms with van der Waals surface area (Å²) in [5.74, 6) is 1.04. The molecule has 0 spiro atoms. The minimum atomic E-state index is 0.399. The average molecular weight is 346 g/mol. The average Bonchev–Trinajstić information content (AvgIpc) is 2.73. The first kappa shape index (κ1) is 15.5. The number of hydrogen-bond donors (Lipinski definition) is 1. The van der Waals surface area contributed by atoms with Crippen molar-refractivity contribution in [3.63, 3.8) is 0 Å². The molecule has 2 aromatic rings. The second-order valence-corrected chi connectivity index (χ2v) is 7.57. The standard InChI is InChI=1S/C20H21Cl2N/c21-16-11-15-6-5-13-3-1-2-4-17(13)19(20(15)18(22)12-16)14-7-9-23-10-8-14/h1-4,11-12,14,19,23H,5-10H2. The Morgan fingerprint density at radius 3 is 2.48 bits per heavy atom. The summed E-state index contributed by atoms with van der Waals surface area (Å²) in [4.78, 5) is 0. The van der Waals surface area contributed by atoms with E-state index in [0.717, 1.165) is 36.0 Å². The third-order valence-corrected chi connectivity index (χ3v) is 5.93. The van der Waals surface area contributed by atoms with E-state index in [0.29, 0.717) is 11.8 Å². The van der Waals surface area contributed by atoms with E-state index >= 15 is 0 Å². The summed E-state index contributed by atoms with van der Waals surface area (Å²) >= 11 is 13.0. The van der Waals surface area contributed by atoms with Gasteiger partial charge in [0.2, 0.25) is 0 Å². The van der Waals surface area contributed by atoms with Gasteiger partial charge in [-0.1, -0.05) is 47.5 Å². The van der Waals surface area contributed by atoms with Crippen molar-refractivity contribution in [3.05, 3.63) is 68.7 Å². The van der Waals surface area contributed by atoms with Gasteiger partial charge in [0.05, 0.1) is 0 Å². The second kappa shape index (κ2) is 6.47. The lowest BCUT2D eigenvalue weighted by Crippen LogP contribution is -2.31. The molecule has 1 atom stereocenters. The normalized spacial score (nSPS) is 21.4. The molecule has 0 bridgehead atoms.